The minimum Gasteiger partial charge on any atom is -0.488 e. The molecule has 31 heavy (non-hydrogen) atoms. The maximum Gasteiger partial charge on any atom is 0.338 e. The largest absolute Gasteiger partial charge is 0.488 e. The zero-order valence-electron chi connectivity index (χ0n) is 20.2. The standard InChI is InChI=1S/C28H38O3/c1-9-27(7,10-2)30-24-19-17-23(18-20-24)26(5,6)22-15-13-21(14-16-22)25(29)31-28(8,11-3)12-4/h11,13-20H,3,9-10,12H2,1-2,4-8H3. The van der Waals surface area contributed by atoms with Crippen molar-refractivity contribution in [2.45, 2.75) is 84.3 Å². The average Bonchev–Trinajstić information content (AvgIpc) is 2.79. The molecule has 0 radical (unpaired) electrons. The van der Waals surface area contributed by atoms with E-state index in [4.69, 9.17) is 9.47 Å². The summed E-state index contributed by atoms with van der Waals surface area (Å²) in [6, 6.07) is 16.0. The van der Waals surface area contributed by atoms with Crippen molar-refractivity contribution < 1.29 is 14.3 Å². The van der Waals surface area contributed by atoms with Crippen LogP contribution in [0.5, 0.6) is 5.75 Å². The highest BCUT2D eigenvalue weighted by molar-refractivity contribution is 5.89. The average molecular weight is 423 g/mol. The fourth-order valence-corrected chi connectivity index (χ4v) is 3.34. The fourth-order valence-electron chi connectivity index (χ4n) is 3.34. The first kappa shape index (κ1) is 24.7. The van der Waals surface area contributed by atoms with Gasteiger partial charge in [-0.2, -0.15) is 0 Å². The molecule has 0 saturated heterocycles. The molecule has 1 atom stereocenters. The zero-order valence-corrected chi connectivity index (χ0v) is 20.2. The van der Waals surface area contributed by atoms with E-state index < -0.39 is 5.60 Å². The Morgan fingerprint density at radius 3 is 1.74 bits per heavy atom. The molecule has 3 heteroatoms. The molecule has 0 saturated carbocycles. The molecule has 0 aliphatic carbocycles. The Hall–Kier alpha value is -2.55. The molecule has 0 N–H and O–H groups in total. The molecule has 0 aliphatic rings. The van der Waals surface area contributed by atoms with E-state index in [9.17, 15) is 4.79 Å². The minimum atomic E-state index is -0.648. The van der Waals surface area contributed by atoms with Crippen molar-refractivity contribution in [2.24, 2.45) is 0 Å². The number of esters is 1. The third kappa shape index (κ3) is 5.78. The molecule has 0 amide bonds. The molecule has 168 valence electrons. The molecule has 2 rings (SSSR count). The van der Waals surface area contributed by atoms with Gasteiger partial charge in [0.15, 0.2) is 0 Å². The van der Waals surface area contributed by atoms with Crippen molar-refractivity contribution in [1.82, 2.24) is 0 Å². The second kappa shape index (κ2) is 9.72. The fraction of sp³-hybridized carbons (Fsp3) is 0.464. The van der Waals surface area contributed by atoms with E-state index in [1.54, 1.807) is 6.08 Å². The molecule has 0 bridgehead atoms. The van der Waals surface area contributed by atoms with Gasteiger partial charge < -0.3 is 9.47 Å². The molecule has 2 aromatic rings. The first-order valence-electron chi connectivity index (χ1n) is 11.3. The van der Waals surface area contributed by atoms with Crippen LogP contribution in [0.2, 0.25) is 0 Å². The summed E-state index contributed by atoms with van der Waals surface area (Å²) < 4.78 is 11.8. The van der Waals surface area contributed by atoms with Crippen LogP contribution >= 0.6 is 0 Å². The number of hydrogen-bond acceptors (Lipinski definition) is 3. The van der Waals surface area contributed by atoms with Crippen molar-refractivity contribution in [1.29, 1.82) is 0 Å². The smallest absolute Gasteiger partial charge is 0.338 e. The Bertz CT molecular complexity index is 873. The van der Waals surface area contributed by atoms with Crippen LogP contribution < -0.4 is 4.74 Å². The van der Waals surface area contributed by atoms with Gasteiger partial charge in [0, 0.05) is 5.41 Å². The molecule has 1 unspecified atom stereocenters. The number of ether oxygens (including phenoxy) is 2. The van der Waals surface area contributed by atoms with Crippen molar-refractivity contribution >= 4 is 5.97 Å². The molecule has 0 aromatic heterocycles. The van der Waals surface area contributed by atoms with E-state index in [1.807, 2.05) is 50.2 Å². The van der Waals surface area contributed by atoms with Crippen LogP contribution in [0.25, 0.3) is 0 Å². The van der Waals surface area contributed by atoms with E-state index in [0.29, 0.717) is 12.0 Å². The lowest BCUT2D eigenvalue weighted by Gasteiger charge is -2.30. The van der Waals surface area contributed by atoms with Gasteiger partial charge in [-0.1, -0.05) is 65.5 Å². The number of carbonyl (C=O) groups excluding carboxylic acids is 1. The summed E-state index contributed by atoms with van der Waals surface area (Å²) in [6.07, 6.45) is 4.30. The summed E-state index contributed by atoms with van der Waals surface area (Å²) in [5, 5.41) is 0. The Balaban J connectivity index is 2.18. The first-order valence-corrected chi connectivity index (χ1v) is 11.3. The highest BCUT2D eigenvalue weighted by Gasteiger charge is 2.27. The van der Waals surface area contributed by atoms with Crippen molar-refractivity contribution in [3.05, 3.63) is 77.9 Å². The predicted octanol–water partition coefficient (Wildman–Crippen LogP) is 7.48. The van der Waals surface area contributed by atoms with Gasteiger partial charge >= 0.3 is 5.97 Å². The molecule has 0 fully saturated rings. The van der Waals surface area contributed by atoms with Crippen molar-refractivity contribution in [2.75, 3.05) is 0 Å². The summed E-state index contributed by atoms with van der Waals surface area (Å²) in [5.74, 6) is 0.565. The van der Waals surface area contributed by atoms with E-state index >= 15 is 0 Å². The molecule has 2 aromatic carbocycles. The predicted molar refractivity (Wildman–Crippen MR) is 129 cm³/mol. The number of hydrogen-bond donors (Lipinski definition) is 0. The zero-order chi connectivity index (χ0) is 23.3. The summed E-state index contributed by atoms with van der Waals surface area (Å²) in [4.78, 5) is 12.5. The van der Waals surface area contributed by atoms with Gasteiger partial charge in [0.1, 0.15) is 17.0 Å². The van der Waals surface area contributed by atoms with Gasteiger partial charge in [0.2, 0.25) is 0 Å². The van der Waals surface area contributed by atoms with Gasteiger partial charge in [-0.25, -0.2) is 4.79 Å². The molecule has 0 aliphatic heterocycles. The second-order valence-electron chi connectivity index (χ2n) is 9.25. The van der Waals surface area contributed by atoms with Crippen LogP contribution in [0.4, 0.5) is 0 Å². The topological polar surface area (TPSA) is 35.5 Å². The Morgan fingerprint density at radius 2 is 1.32 bits per heavy atom. The van der Waals surface area contributed by atoms with E-state index in [0.717, 1.165) is 24.2 Å². The minimum absolute atomic E-state index is 0.138. The van der Waals surface area contributed by atoms with Gasteiger partial charge in [0.25, 0.3) is 0 Å². The Kier molecular flexibility index (Phi) is 7.75. The van der Waals surface area contributed by atoms with Gasteiger partial charge in [-0.15, -0.1) is 0 Å². The molecular formula is C28H38O3. The van der Waals surface area contributed by atoms with Crippen LogP contribution in [-0.4, -0.2) is 17.2 Å². The lowest BCUT2D eigenvalue weighted by atomic mass is 9.78. The van der Waals surface area contributed by atoms with Crippen LogP contribution in [0.1, 0.15) is 89.2 Å². The number of carbonyl (C=O) groups is 1. The summed E-state index contributed by atoms with van der Waals surface area (Å²) in [6.45, 7) is 18.4. The summed E-state index contributed by atoms with van der Waals surface area (Å²) in [5.41, 5.74) is 1.87. The van der Waals surface area contributed by atoms with Crippen LogP contribution in [0.15, 0.2) is 61.2 Å². The van der Waals surface area contributed by atoms with Crippen molar-refractivity contribution in [3.8, 4) is 5.75 Å². The lowest BCUT2D eigenvalue weighted by molar-refractivity contribution is 0.00970. The highest BCUT2D eigenvalue weighted by Crippen LogP contribution is 2.34. The molecule has 0 heterocycles. The number of benzene rings is 2. The van der Waals surface area contributed by atoms with Gasteiger partial charge in [0.05, 0.1) is 5.56 Å². The summed E-state index contributed by atoms with van der Waals surface area (Å²) in [7, 11) is 0. The normalized spacial score (nSPS) is 13.9. The third-order valence-corrected chi connectivity index (χ3v) is 6.74. The van der Waals surface area contributed by atoms with Crippen LogP contribution in [-0.2, 0) is 10.2 Å². The van der Waals surface area contributed by atoms with Gasteiger partial charge in [-0.05, 0) is 74.6 Å². The SMILES string of the molecule is C=CC(C)(CC)OC(=O)c1ccc(C(C)(C)c2ccc(OC(C)(CC)CC)cc2)cc1. The van der Waals surface area contributed by atoms with Crippen LogP contribution in [0.3, 0.4) is 0 Å². The molecule has 3 nitrogen and oxygen atoms in total. The lowest BCUT2D eigenvalue weighted by Crippen LogP contribution is -2.30. The van der Waals surface area contributed by atoms with Gasteiger partial charge in [-0.3, -0.25) is 0 Å². The number of rotatable bonds is 10. The Labute approximate surface area is 188 Å². The second-order valence-corrected chi connectivity index (χ2v) is 9.25. The maximum atomic E-state index is 12.5. The van der Waals surface area contributed by atoms with Crippen molar-refractivity contribution in [3.63, 3.8) is 0 Å². The molecular weight excluding hydrogens is 384 g/mol. The third-order valence-electron chi connectivity index (χ3n) is 6.74. The Morgan fingerprint density at radius 1 is 0.839 bits per heavy atom. The maximum absolute atomic E-state index is 12.5. The van der Waals surface area contributed by atoms with E-state index in [-0.39, 0.29) is 17.0 Å². The summed E-state index contributed by atoms with van der Waals surface area (Å²) >= 11 is 0. The molecule has 0 spiro atoms. The quantitative estimate of drug-likeness (QED) is 0.294. The van der Waals surface area contributed by atoms with Crippen LogP contribution in [0, 0.1) is 0 Å². The van der Waals surface area contributed by atoms with E-state index in [1.165, 1.54) is 5.56 Å². The van der Waals surface area contributed by atoms with E-state index in [2.05, 4.69) is 53.3 Å². The highest BCUT2D eigenvalue weighted by atomic mass is 16.6. The monoisotopic (exact) mass is 422 g/mol. The first-order chi connectivity index (χ1) is 14.5.